The topological polar surface area (TPSA) is 69.6 Å². The zero-order chi connectivity index (χ0) is 14.0. The summed E-state index contributed by atoms with van der Waals surface area (Å²) in [6, 6.07) is 5.48. The number of nitrogens with zero attached hydrogens (tertiary/aromatic N) is 1. The van der Waals surface area contributed by atoms with E-state index in [0.717, 1.165) is 15.7 Å². The molecule has 1 saturated heterocycles. The highest BCUT2D eigenvalue weighted by Gasteiger charge is 2.27. The van der Waals surface area contributed by atoms with Gasteiger partial charge in [0.15, 0.2) is 0 Å². The van der Waals surface area contributed by atoms with Crippen molar-refractivity contribution in [3.63, 3.8) is 0 Å². The number of carboxylic acid groups (broad SMARTS) is 1. The maximum Gasteiger partial charge on any atom is 0.321 e. The molecule has 0 saturated carbocycles. The molecule has 1 unspecified atom stereocenters. The third-order valence-corrected chi connectivity index (χ3v) is 4.01. The van der Waals surface area contributed by atoms with Crippen molar-refractivity contribution in [2.45, 2.75) is 13.3 Å². The van der Waals surface area contributed by atoms with Gasteiger partial charge in [-0.05, 0) is 24.6 Å². The molecule has 1 aliphatic rings. The van der Waals surface area contributed by atoms with Gasteiger partial charge in [0.2, 0.25) is 0 Å². The predicted molar refractivity (Wildman–Crippen MR) is 75.4 cm³/mol. The summed E-state index contributed by atoms with van der Waals surface area (Å²) in [6.07, 6.45) is 0.0593. The molecule has 1 aliphatic heterocycles. The lowest BCUT2D eigenvalue weighted by Gasteiger charge is -2.32. The number of halogens is 1. The fraction of sp³-hybridized carbons (Fsp3) is 0.385. The quantitative estimate of drug-likeness (QED) is 0.895. The first kappa shape index (κ1) is 13.9. The van der Waals surface area contributed by atoms with E-state index in [2.05, 4.69) is 21.2 Å². The molecule has 6 heteroatoms. The minimum absolute atomic E-state index is 0.0593. The molecule has 102 valence electrons. The summed E-state index contributed by atoms with van der Waals surface area (Å²) in [5, 5.41) is 11.6. The fourth-order valence-corrected chi connectivity index (χ4v) is 2.46. The Morgan fingerprint density at radius 1 is 1.58 bits per heavy atom. The van der Waals surface area contributed by atoms with Crippen LogP contribution in [-0.2, 0) is 4.79 Å². The summed E-state index contributed by atoms with van der Waals surface area (Å²) in [6.45, 7) is 2.81. The highest BCUT2D eigenvalue weighted by atomic mass is 79.9. The van der Waals surface area contributed by atoms with Gasteiger partial charge in [0.05, 0.1) is 6.42 Å². The Bertz CT molecular complexity index is 519. The third-order valence-electron chi connectivity index (χ3n) is 3.16. The van der Waals surface area contributed by atoms with E-state index in [9.17, 15) is 9.59 Å². The minimum atomic E-state index is -0.841. The minimum Gasteiger partial charge on any atom is -0.481 e. The normalized spacial score (nSPS) is 19.2. The van der Waals surface area contributed by atoms with Gasteiger partial charge in [0.1, 0.15) is 0 Å². The van der Waals surface area contributed by atoms with E-state index in [-0.39, 0.29) is 18.4 Å². The van der Waals surface area contributed by atoms with E-state index in [1.165, 1.54) is 0 Å². The van der Waals surface area contributed by atoms with Crippen molar-refractivity contribution < 1.29 is 14.7 Å². The first-order valence-electron chi connectivity index (χ1n) is 6.00. The summed E-state index contributed by atoms with van der Waals surface area (Å²) in [4.78, 5) is 24.2. The Morgan fingerprint density at radius 2 is 2.32 bits per heavy atom. The van der Waals surface area contributed by atoms with Gasteiger partial charge in [-0.1, -0.05) is 22.0 Å². The molecule has 0 spiro atoms. The van der Waals surface area contributed by atoms with Crippen LogP contribution in [0, 0.1) is 12.8 Å². The van der Waals surface area contributed by atoms with Crippen LogP contribution >= 0.6 is 15.9 Å². The monoisotopic (exact) mass is 326 g/mol. The molecule has 2 N–H and O–H groups in total. The summed E-state index contributed by atoms with van der Waals surface area (Å²) < 4.78 is 0.929. The first-order chi connectivity index (χ1) is 8.97. The number of carbonyl (C=O) groups is 2. The molecule has 1 heterocycles. The van der Waals surface area contributed by atoms with Crippen LogP contribution in [0.1, 0.15) is 12.0 Å². The number of amides is 2. The highest BCUT2D eigenvalue weighted by Crippen LogP contribution is 2.26. The van der Waals surface area contributed by atoms with E-state index >= 15 is 0 Å². The van der Waals surface area contributed by atoms with Crippen molar-refractivity contribution in [3.05, 3.63) is 28.2 Å². The van der Waals surface area contributed by atoms with Crippen LogP contribution in [0.5, 0.6) is 0 Å². The molecule has 0 radical (unpaired) electrons. The zero-order valence-electron chi connectivity index (χ0n) is 10.5. The maximum absolute atomic E-state index is 11.9. The van der Waals surface area contributed by atoms with E-state index in [4.69, 9.17) is 5.11 Å². The van der Waals surface area contributed by atoms with Gasteiger partial charge in [0, 0.05) is 29.2 Å². The Kier molecular flexibility index (Phi) is 4.09. The number of anilines is 1. The second kappa shape index (κ2) is 5.61. The molecule has 0 aliphatic carbocycles. The van der Waals surface area contributed by atoms with Gasteiger partial charge < -0.3 is 10.4 Å². The second-order valence-corrected chi connectivity index (χ2v) is 5.55. The van der Waals surface area contributed by atoms with Crippen LogP contribution in [0.25, 0.3) is 0 Å². The second-order valence-electron chi connectivity index (χ2n) is 4.69. The molecule has 0 bridgehead atoms. The smallest absolute Gasteiger partial charge is 0.321 e. The lowest BCUT2D eigenvalue weighted by molar-refractivity contribution is -0.138. The number of hydrogen-bond donors (Lipinski definition) is 2. The summed E-state index contributed by atoms with van der Waals surface area (Å²) in [5.41, 5.74) is 1.85. The zero-order valence-corrected chi connectivity index (χ0v) is 12.1. The Morgan fingerprint density at radius 3 is 2.95 bits per heavy atom. The van der Waals surface area contributed by atoms with Crippen molar-refractivity contribution in [1.82, 2.24) is 5.32 Å². The van der Waals surface area contributed by atoms with E-state index in [1.54, 1.807) is 4.90 Å². The van der Waals surface area contributed by atoms with Crippen molar-refractivity contribution in [3.8, 4) is 0 Å². The average molecular weight is 327 g/mol. The number of carbonyl (C=O) groups excluding carboxylic acids is 1. The summed E-state index contributed by atoms with van der Waals surface area (Å²) in [7, 11) is 0. The van der Waals surface area contributed by atoms with Crippen molar-refractivity contribution in [1.29, 1.82) is 0 Å². The van der Waals surface area contributed by atoms with E-state index in [1.807, 2.05) is 25.1 Å². The van der Waals surface area contributed by atoms with Crippen molar-refractivity contribution in [2.24, 2.45) is 5.92 Å². The molecule has 1 aromatic carbocycles. The number of nitrogens with one attached hydrogen (secondary N) is 1. The molecular weight excluding hydrogens is 312 g/mol. The number of rotatable bonds is 3. The molecule has 19 heavy (non-hydrogen) atoms. The average Bonchev–Trinajstić information content (AvgIpc) is 2.34. The molecule has 1 aromatic rings. The highest BCUT2D eigenvalue weighted by molar-refractivity contribution is 9.10. The van der Waals surface area contributed by atoms with Gasteiger partial charge in [-0.2, -0.15) is 0 Å². The van der Waals surface area contributed by atoms with Crippen LogP contribution < -0.4 is 10.2 Å². The SMILES string of the molecule is Cc1ccc(N2CC(CC(=O)O)CNC2=O)cc1Br. The van der Waals surface area contributed by atoms with Crippen LogP contribution in [-0.4, -0.2) is 30.2 Å². The Balaban J connectivity index is 2.18. The largest absolute Gasteiger partial charge is 0.481 e. The van der Waals surface area contributed by atoms with Crippen LogP contribution in [0.15, 0.2) is 22.7 Å². The molecule has 5 nitrogen and oxygen atoms in total. The lowest BCUT2D eigenvalue weighted by Crippen LogP contribution is -2.51. The fourth-order valence-electron chi connectivity index (χ4n) is 2.09. The molecule has 1 atom stereocenters. The number of aryl methyl sites for hydroxylation is 1. The number of urea groups is 1. The number of benzene rings is 1. The summed E-state index contributed by atoms with van der Waals surface area (Å²) in [5.74, 6) is -0.915. The van der Waals surface area contributed by atoms with Gasteiger partial charge in [0.25, 0.3) is 0 Å². The third kappa shape index (κ3) is 3.26. The number of carboxylic acids is 1. The first-order valence-corrected chi connectivity index (χ1v) is 6.80. The van der Waals surface area contributed by atoms with Gasteiger partial charge in [-0.3, -0.25) is 9.69 Å². The van der Waals surface area contributed by atoms with E-state index in [0.29, 0.717) is 13.1 Å². The maximum atomic E-state index is 11.9. The Hall–Kier alpha value is -1.56. The lowest BCUT2D eigenvalue weighted by atomic mass is 10.0. The number of aliphatic carboxylic acids is 1. The molecular formula is C13H15BrN2O3. The van der Waals surface area contributed by atoms with Crippen LogP contribution in [0.4, 0.5) is 10.5 Å². The van der Waals surface area contributed by atoms with Gasteiger partial charge in [-0.15, -0.1) is 0 Å². The van der Waals surface area contributed by atoms with Crippen LogP contribution in [0.2, 0.25) is 0 Å². The molecule has 2 rings (SSSR count). The number of hydrogen-bond acceptors (Lipinski definition) is 2. The van der Waals surface area contributed by atoms with Crippen molar-refractivity contribution in [2.75, 3.05) is 18.0 Å². The molecule has 0 aromatic heterocycles. The van der Waals surface area contributed by atoms with Crippen molar-refractivity contribution >= 4 is 33.6 Å². The van der Waals surface area contributed by atoms with Gasteiger partial charge >= 0.3 is 12.0 Å². The standard InChI is InChI=1S/C13H15BrN2O3/c1-8-2-3-10(5-11(8)14)16-7-9(4-12(17)18)6-15-13(16)19/h2-3,5,9H,4,6-7H2,1H3,(H,15,19)(H,17,18). The Labute approximate surface area is 119 Å². The van der Waals surface area contributed by atoms with Gasteiger partial charge in [-0.25, -0.2) is 4.79 Å². The van der Waals surface area contributed by atoms with E-state index < -0.39 is 5.97 Å². The molecule has 2 amide bonds. The molecule has 1 fully saturated rings. The summed E-state index contributed by atoms with van der Waals surface area (Å²) >= 11 is 3.44. The predicted octanol–water partition coefficient (Wildman–Crippen LogP) is 2.38. The van der Waals surface area contributed by atoms with Crippen LogP contribution in [0.3, 0.4) is 0 Å².